The summed E-state index contributed by atoms with van der Waals surface area (Å²) in [5, 5.41) is 9.16. The lowest BCUT2D eigenvalue weighted by Gasteiger charge is -2.34. The monoisotopic (exact) mass is 423 g/mol. The minimum atomic E-state index is -1.57. The van der Waals surface area contributed by atoms with Gasteiger partial charge in [-0.3, -0.25) is 0 Å². The standard InChI is InChI=1S/C24H25NO6/c1-16-21(25-22(31-16)18-6-4-3-5-7-18)12-13-28-20-10-8-17(9-11-20)19-14-29-24(2,23(26)27)30-15-19/h3-11,19H,12-15H2,1-2H3,(H,26,27). The summed E-state index contributed by atoms with van der Waals surface area (Å²) >= 11 is 0. The molecule has 0 atom stereocenters. The molecule has 162 valence electrons. The predicted molar refractivity (Wildman–Crippen MR) is 113 cm³/mol. The number of rotatable bonds is 7. The third-order valence-electron chi connectivity index (χ3n) is 5.38. The number of oxazole rings is 1. The van der Waals surface area contributed by atoms with Crippen LogP contribution in [0.2, 0.25) is 0 Å². The molecule has 2 heterocycles. The van der Waals surface area contributed by atoms with Gasteiger partial charge in [0.2, 0.25) is 5.89 Å². The number of carbonyl (C=O) groups is 1. The van der Waals surface area contributed by atoms with E-state index in [2.05, 4.69) is 4.98 Å². The molecule has 1 aromatic heterocycles. The molecule has 4 rings (SSSR count). The summed E-state index contributed by atoms with van der Waals surface area (Å²) in [5.41, 5.74) is 2.85. The van der Waals surface area contributed by atoms with Gasteiger partial charge in [0.05, 0.1) is 25.5 Å². The highest BCUT2D eigenvalue weighted by molar-refractivity contribution is 5.75. The lowest BCUT2D eigenvalue weighted by Crippen LogP contribution is -2.47. The third kappa shape index (κ3) is 4.78. The normalized spacial score (nSPS) is 21.0. The average Bonchev–Trinajstić information content (AvgIpc) is 3.16. The number of carboxylic acids is 1. The number of carboxylic acid groups (broad SMARTS) is 1. The van der Waals surface area contributed by atoms with Crippen molar-refractivity contribution in [3.63, 3.8) is 0 Å². The van der Waals surface area contributed by atoms with E-state index >= 15 is 0 Å². The highest BCUT2D eigenvalue weighted by Gasteiger charge is 2.40. The van der Waals surface area contributed by atoms with E-state index in [0.29, 0.717) is 18.9 Å². The average molecular weight is 423 g/mol. The molecule has 1 fully saturated rings. The highest BCUT2D eigenvalue weighted by Crippen LogP contribution is 2.29. The topological polar surface area (TPSA) is 91.0 Å². The summed E-state index contributed by atoms with van der Waals surface area (Å²) in [6.07, 6.45) is 0.641. The van der Waals surface area contributed by atoms with Gasteiger partial charge in [0.25, 0.3) is 5.79 Å². The van der Waals surface area contributed by atoms with Crippen LogP contribution in [0.25, 0.3) is 11.5 Å². The van der Waals surface area contributed by atoms with Gasteiger partial charge in [-0.2, -0.15) is 0 Å². The first-order chi connectivity index (χ1) is 14.9. The number of aromatic nitrogens is 1. The van der Waals surface area contributed by atoms with Crippen LogP contribution in [0.15, 0.2) is 59.0 Å². The van der Waals surface area contributed by atoms with E-state index in [1.807, 2.05) is 61.5 Å². The van der Waals surface area contributed by atoms with Crippen LogP contribution in [-0.4, -0.2) is 41.7 Å². The molecule has 7 heteroatoms. The molecule has 0 spiro atoms. The summed E-state index contributed by atoms with van der Waals surface area (Å²) < 4.78 is 22.5. The van der Waals surface area contributed by atoms with Gasteiger partial charge in [-0.15, -0.1) is 0 Å². The minimum absolute atomic E-state index is 0.0179. The van der Waals surface area contributed by atoms with E-state index in [9.17, 15) is 4.79 Å². The predicted octanol–water partition coefficient (Wildman–Crippen LogP) is 4.20. The minimum Gasteiger partial charge on any atom is -0.493 e. The second-order valence-electron chi connectivity index (χ2n) is 7.63. The van der Waals surface area contributed by atoms with E-state index < -0.39 is 11.8 Å². The van der Waals surface area contributed by atoms with Gasteiger partial charge in [-0.1, -0.05) is 30.3 Å². The molecule has 31 heavy (non-hydrogen) atoms. The van der Waals surface area contributed by atoms with Gasteiger partial charge in [0.1, 0.15) is 11.5 Å². The SMILES string of the molecule is Cc1oc(-c2ccccc2)nc1CCOc1ccc(C2COC(C)(C(=O)O)OC2)cc1. The van der Waals surface area contributed by atoms with Crippen molar-refractivity contribution in [3.05, 3.63) is 71.6 Å². The first-order valence-electron chi connectivity index (χ1n) is 10.2. The molecular formula is C24H25NO6. The Balaban J connectivity index is 1.30. The zero-order valence-electron chi connectivity index (χ0n) is 17.5. The molecule has 7 nitrogen and oxygen atoms in total. The van der Waals surface area contributed by atoms with Crippen molar-refractivity contribution in [2.24, 2.45) is 0 Å². The van der Waals surface area contributed by atoms with E-state index in [1.54, 1.807) is 0 Å². The maximum Gasteiger partial charge on any atom is 0.364 e. The quantitative estimate of drug-likeness (QED) is 0.609. The Hall–Kier alpha value is -3.16. The van der Waals surface area contributed by atoms with Gasteiger partial charge in [-0.25, -0.2) is 9.78 Å². The van der Waals surface area contributed by atoms with Crippen LogP contribution in [0, 0.1) is 6.92 Å². The van der Waals surface area contributed by atoms with Crippen LogP contribution >= 0.6 is 0 Å². The Morgan fingerprint density at radius 3 is 2.45 bits per heavy atom. The Bertz CT molecular complexity index is 1020. The van der Waals surface area contributed by atoms with Crippen molar-refractivity contribution < 1.29 is 28.5 Å². The zero-order chi connectivity index (χ0) is 21.8. The fourth-order valence-corrected chi connectivity index (χ4v) is 3.39. The lowest BCUT2D eigenvalue weighted by molar-refractivity contribution is -0.262. The van der Waals surface area contributed by atoms with Crippen LogP contribution in [0.3, 0.4) is 0 Å². The van der Waals surface area contributed by atoms with Gasteiger partial charge >= 0.3 is 5.97 Å². The van der Waals surface area contributed by atoms with Gasteiger partial charge in [0.15, 0.2) is 0 Å². The van der Waals surface area contributed by atoms with Crippen molar-refractivity contribution in [2.45, 2.75) is 32.0 Å². The summed E-state index contributed by atoms with van der Waals surface area (Å²) in [5.74, 6) is -0.541. The smallest absolute Gasteiger partial charge is 0.364 e. The highest BCUT2D eigenvalue weighted by atomic mass is 16.7. The van der Waals surface area contributed by atoms with Crippen molar-refractivity contribution in [3.8, 4) is 17.2 Å². The first kappa shape index (κ1) is 21.1. The fraction of sp³-hybridized carbons (Fsp3) is 0.333. The molecular weight excluding hydrogens is 398 g/mol. The molecule has 0 aliphatic carbocycles. The second kappa shape index (κ2) is 8.91. The maximum atomic E-state index is 11.2. The van der Waals surface area contributed by atoms with E-state index in [1.165, 1.54) is 6.92 Å². The number of aryl methyl sites for hydroxylation is 1. The molecule has 1 saturated heterocycles. The van der Waals surface area contributed by atoms with Crippen LogP contribution in [-0.2, 0) is 20.7 Å². The summed E-state index contributed by atoms with van der Waals surface area (Å²) in [4.78, 5) is 15.8. The lowest BCUT2D eigenvalue weighted by atomic mass is 9.99. The zero-order valence-corrected chi connectivity index (χ0v) is 17.5. The number of nitrogens with zero attached hydrogens (tertiary/aromatic N) is 1. The van der Waals surface area contributed by atoms with Gasteiger partial charge < -0.3 is 23.7 Å². The molecule has 0 amide bonds. The van der Waals surface area contributed by atoms with Crippen molar-refractivity contribution in [1.29, 1.82) is 0 Å². The fourth-order valence-electron chi connectivity index (χ4n) is 3.39. The molecule has 0 unspecified atom stereocenters. The van der Waals surface area contributed by atoms with Gasteiger partial charge in [0, 0.05) is 24.8 Å². The van der Waals surface area contributed by atoms with Crippen molar-refractivity contribution in [2.75, 3.05) is 19.8 Å². The Morgan fingerprint density at radius 1 is 1.13 bits per heavy atom. The molecule has 2 aromatic carbocycles. The van der Waals surface area contributed by atoms with Crippen LogP contribution in [0.1, 0.15) is 29.9 Å². The number of hydrogen-bond acceptors (Lipinski definition) is 6. The molecule has 3 aromatic rings. The Kier molecular flexibility index (Phi) is 6.06. The molecule has 1 N–H and O–H groups in total. The number of benzene rings is 2. The molecule has 1 aliphatic heterocycles. The number of hydrogen-bond donors (Lipinski definition) is 1. The van der Waals surface area contributed by atoms with Crippen molar-refractivity contribution in [1.82, 2.24) is 4.98 Å². The summed E-state index contributed by atoms with van der Waals surface area (Å²) in [6, 6.07) is 17.5. The third-order valence-corrected chi connectivity index (χ3v) is 5.38. The first-order valence-corrected chi connectivity index (χ1v) is 10.2. The number of aliphatic carboxylic acids is 1. The van der Waals surface area contributed by atoms with Gasteiger partial charge in [-0.05, 0) is 36.8 Å². The van der Waals surface area contributed by atoms with Crippen LogP contribution in [0.5, 0.6) is 5.75 Å². The molecule has 0 radical (unpaired) electrons. The van der Waals surface area contributed by atoms with E-state index in [0.717, 1.165) is 28.3 Å². The van der Waals surface area contributed by atoms with Crippen LogP contribution < -0.4 is 4.74 Å². The summed E-state index contributed by atoms with van der Waals surface area (Å²) in [7, 11) is 0. The Labute approximate surface area is 180 Å². The maximum absolute atomic E-state index is 11.2. The molecule has 0 bridgehead atoms. The van der Waals surface area contributed by atoms with E-state index in [-0.39, 0.29) is 19.1 Å². The molecule has 0 saturated carbocycles. The van der Waals surface area contributed by atoms with E-state index in [4.69, 9.17) is 23.7 Å². The Morgan fingerprint density at radius 2 is 1.81 bits per heavy atom. The second-order valence-corrected chi connectivity index (χ2v) is 7.63. The summed E-state index contributed by atoms with van der Waals surface area (Å²) in [6.45, 7) is 4.39. The molecule has 1 aliphatic rings. The van der Waals surface area contributed by atoms with Crippen LogP contribution in [0.4, 0.5) is 0 Å². The largest absolute Gasteiger partial charge is 0.493 e. The number of ether oxygens (including phenoxy) is 3. The van der Waals surface area contributed by atoms with Crippen molar-refractivity contribution >= 4 is 5.97 Å².